The van der Waals surface area contributed by atoms with Gasteiger partial charge in [0, 0.05) is 19.3 Å². The molecule has 93 valence electrons. The van der Waals surface area contributed by atoms with Crippen LogP contribution in [0.3, 0.4) is 0 Å². The van der Waals surface area contributed by atoms with E-state index in [-0.39, 0.29) is 11.8 Å². The second-order valence-electron chi connectivity index (χ2n) is 4.33. The summed E-state index contributed by atoms with van der Waals surface area (Å²) in [4.78, 5) is 35.5. The quantitative estimate of drug-likeness (QED) is 0.749. The van der Waals surface area contributed by atoms with Crippen LogP contribution < -0.4 is 0 Å². The first-order valence-electron chi connectivity index (χ1n) is 5.99. The summed E-state index contributed by atoms with van der Waals surface area (Å²) in [6.45, 7) is 0. The Labute approximate surface area is 106 Å². The van der Waals surface area contributed by atoms with Gasteiger partial charge in [0.05, 0.1) is 0 Å². The highest BCUT2D eigenvalue weighted by Crippen LogP contribution is 2.17. The predicted octanol–water partition coefficient (Wildman–Crippen LogP) is 1.25. The van der Waals surface area contributed by atoms with Crippen LogP contribution in [0.25, 0.3) is 0 Å². The number of benzene rings is 1. The van der Waals surface area contributed by atoms with Crippen molar-refractivity contribution in [3.05, 3.63) is 35.9 Å². The molecule has 1 aliphatic rings. The zero-order valence-electron chi connectivity index (χ0n) is 9.96. The highest BCUT2D eigenvalue weighted by Gasteiger charge is 2.32. The Hall–Kier alpha value is -1.97. The summed E-state index contributed by atoms with van der Waals surface area (Å²) in [6, 6.07) is 8.52. The summed E-state index contributed by atoms with van der Waals surface area (Å²) < 4.78 is 0. The van der Waals surface area contributed by atoms with Crippen molar-refractivity contribution >= 4 is 18.1 Å². The Balaban J connectivity index is 2.15. The number of likely N-dealkylation sites (tertiary alicyclic amines) is 1. The SMILES string of the molecule is O=[C][C@H](Cc1ccccc1)N1C(=O)CCCC1=O. The second kappa shape index (κ2) is 5.58. The summed E-state index contributed by atoms with van der Waals surface area (Å²) in [5.74, 6) is -0.536. The Morgan fingerprint density at radius 3 is 2.28 bits per heavy atom. The zero-order valence-corrected chi connectivity index (χ0v) is 9.96. The van der Waals surface area contributed by atoms with Crippen LogP contribution in [-0.4, -0.2) is 29.0 Å². The Morgan fingerprint density at radius 2 is 1.72 bits per heavy atom. The number of carbonyl (C=O) groups is 2. The van der Waals surface area contributed by atoms with Crippen molar-refractivity contribution in [1.29, 1.82) is 0 Å². The zero-order chi connectivity index (χ0) is 13.0. The lowest BCUT2D eigenvalue weighted by Gasteiger charge is -2.29. The van der Waals surface area contributed by atoms with E-state index in [1.54, 1.807) is 0 Å². The summed E-state index contributed by atoms with van der Waals surface area (Å²) in [5, 5.41) is 0. The van der Waals surface area contributed by atoms with Gasteiger partial charge in [0.15, 0.2) is 0 Å². The van der Waals surface area contributed by atoms with Gasteiger partial charge in [-0.3, -0.25) is 19.3 Å². The highest BCUT2D eigenvalue weighted by atomic mass is 16.2. The third kappa shape index (κ3) is 2.64. The maximum atomic E-state index is 11.7. The lowest BCUT2D eigenvalue weighted by atomic mass is 10.0. The van der Waals surface area contributed by atoms with Gasteiger partial charge in [0.25, 0.3) is 0 Å². The van der Waals surface area contributed by atoms with Crippen LogP contribution in [-0.2, 0) is 20.8 Å². The topological polar surface area (TPSA) is 54.5 Å². The smallest absolute Gasteiger partial charge is 0.229 e. The van der Waals surface area contributed by atoms with Crippen molar-refractivity contribution in [3.8, 4) is 0 Å². The van der Waals surface area contributed by atoms with Crippen LogP contribution in [0.1, 0.15) is 24.8 Å². The molecular weight excluding hydrogens is 230 g/mol. The minimum atomic E-state index is -0.798. The van der Waals surface area contributed by atoms with Crippen molar-refractivity contribution in [2.24, 2.45) is 0 Å². The third-order valence-corrected chi connectivity index (χ3v) is 3.04. The lowest BCUT2D eigenvalue weighted by Crippen LogP contribution is -2.48. The van der Waals surface area contributed by atoms with E-state index in [0.717, 1.165) is 10.5 Å². The largest absolute Gasteiger partial charge is 0.288 e. The molecule has 0 aliphatic carbocycles. The molecule has 2 amide bonds. The van der Waals surface area contributed by atoms with Crippen LogP contribution in [0.15, 0.2) is 30.3 Å². The number of rotatable bonds is 4. The van der Waals surface area contributed by atoms with E-state index in [0.29, 0.717) is 25.7 Å². The van der Waals surface area contributed by atoms with E-state index in [1.807, 2.05) is 36.6 Å². The van der Waals surface area contributed by atoms with Crippen molar-refractivity contribution in [1.82, 2.24) is 4.90 Å². The molecule has 0 aromatic heterocycles. The second-order valence-corrected chi connectivity index (χ2v) is 4.33. The normalized spacial score (nSPS) is 17.7. The maximum Gasteiger partial charge on any atom is 0.229 e. The Bertz CT molecular complexity index is 439. The molecule has 0 N–H and O–H groups in total. The molecule has 1 fully saturated rings. The fourth-order valence-corrected chi connectivity index (χ4v) is 2.14. The van der Waals surface area contributed by atoms with E-state index < -0.39 is 6.04 Å². The van der Waals surface area contributed by atoms with Gasteiger partial charge >= 0.3 is 0 Å². The molecule has 1 aliphatic heterocycles. The molecule has 18 heavy (non-hydrogen) atoms. The van der Waals surface area contributed by atoms with E-state index in [9.17, 15) is 14.4 Å². The van der Waals surface area contributed by atoms with Crippen LogP contribution >= 0.6 is 0 Å². The molecule has 1 aromatic rings. The first-order chi connectivity index (χ1) is 8.72. The average Bonchev–Trinajstić information content (AvgIpc) is 2.38. The Kier molecular flexibility index (Phi) is 3.87. The molecule has 1 heterocycles. The van der Waals surface area contributed by atoms with Crippen LogP contribution in [0, 0.1) is 0 Å². The number of amides is 2. The van der Waals surface area contributed by atoms with Crippen molar-refractivity contribution in [2.75, 3.05) is 0 Å². The number of nitrogens with zero attached hydrogens (tertiary/aromatic N) is 1. The van der Waals surface area contributed by atoms with Gasteiger partial charge in [-0.25, -0.2) is 0 Å². The maximum absolute atomic E-state index is 11.7. The highest BCUT2D eigenvalue weighted by molar-refractivity contribution is 5.99. The van der Waals surface area contributed by atoms with Gasteiger partial charge in [-0.15, -0.1) is 0 Å². The van der Waals surface area contributed by atoms with Crippen LogP contribution in [0.4, 0.5) is 0 Å². The predicted molar refractivity (Wildman–Crippen MR) is 65.3 cm³/mol. The van der Waals surface area contributed by atoms with Crippen molar-refractivity contribution in [3.63, 3.8) is 0 Å². The molecule has 1 radical (unpaired) electrons. The molecule has 1 saturated heterocycles. The minimum absolute atomic E-state index is 0.268. The molecule has 0 saturated carbocycles. The van der Waals surface area contributed by atoms with E-state index >= 15 is 0 Å². The molecular formula is C14H14NO3. The van der Waals surface area contributed by atoms with E-state index in [2.05, 4.69) is 0 Å². The summed E-state index contributed by atoms with van der Waals surface area (Å²) in [6.07, 6.45) is 3.39. The molecule has 1 aromatic carbocycles. The number of hydrogen-bond donors (Lipinski definition) is 0. The van der Waals surface area contributed by atoms with Crippen LogP contribution in [0.2, 0.25) is 0 Å². The monoisotopic (exact) mass is 244 g/mol. The van der Waals surface area contributed by atoms with Gasteiger partial charge in [-0.05, 0) is 12.0 Å². The molecule has 4 heteroatoms. The van der Waals surface area contributed by atoms with Gasteiger partial charge in [0.1, 0.15) is 6.04 Å². The van der Waals surface area contributed by atoms with Gasteiger partial charge < -0.3 is 0 Å². The third-order valence-electron chi connectivity index (χ3n) is 3.04. The van der Waals surface area contributed by atoms with Crippen molar-refractivity contribution < 1.29 is 14.4 Å². The lowest BCUT2D eigenvalue weighted by molar-refractivity contribution is -0.149. The molecule has 1 atom stereocenters. The van der Waals surface area contributed by atoms with E-state index in [1.165, 1.54) is 0 Å². The summed E-state index contributed by atoms with van der Waals surface area (Å²) in [7, 11) is 0. The minimum Gasteiger partial charge on any atom is -0.288 e. The summed E-state index contributed by atoms with van der Waals surface area (Å²) in [5.41, 5.74) is 0.914. The summed E-state index contributed by atoms with van der Waals surface area (Å²) >= 11 is 0. The fourth-order valence-electron chi connectivity index (χ4n) is 2.14. The fraction of sp³-hybridized carbons (Fsp3) is 0.357. The van der Waals surface area contributed by atoms with Crippen LogP contribution in [0.5, 0.6) is 0 Å². The number of imide groups is 1. The first kappa shape index (κ1) is 12.5. The van der Waals surface area contributed by atoms with Gasteiger partial charge in [-0.2, -0.15) is 0 Å². The Morgan fingerprint density at radius 1 is 1.11 bits per heavy atom. The molecule has 2 rings (SSSR count). The van der Waals surface area contributed by atoms with Crippen molar-refractivity contribution in [2.45, 2.75) is 31.7 Å². The van der Waals surface area contributed by atoms with E-state index in [4.69, 9.17) is 0 Å². The molecule has 0 unspecified atom stereocenters. The molecule has 4 nitrogen and oxygen atoms in total. The van der Waals surface area contributed by atoms with Gasteiger partial charge in [0.2, 0.25) is 18.1 Å². The standard InChI is InChI=1S/C14H14NO3/c16-10-12(9-11-5-2-1-3-6-11)15-13(17)7-4-8-14(15)18/h1-3,5-6,12H,4,7-9H2/t12-/m0/s1. The average molecular weight is 244 g/mol. The number of carbonyl (C=O) groups excluding carboxylic acids is 3. The molecule has 0 spiro atoms. The number of piperidine rings is 1. The molecule has 0 bridgehead atoms. The first-order valence-corrected chi connectivity index (χ1v) is 5.99. The number of hydrogen-bond acceptors (Lipinski definition) is 3. The van der Waals surface area contributed by atoms with Gasteiger partial charge in [-0.1, -0.05) is 30.3 Å².